The van der Waals surface area contributed by atoms with E-state index in [1.165, 1.54) is 48.5 Å². The Kier molecular flexibility index (Phi) is 35.5. The first-order valence-electron chi connectivity index (χ1n) is 20.1. The monoisotopic (exact) mass is 1640 g/mol. The van der Waals surface area contributed by atoms with Crippen molar-refractivity contribution in [1.82, 2.24) is 14.2 Å². The largest absolute Gasteiger partial charge is 0.480 e. The number of sulfonamides is 3. The molecule has 0 spiro atoms. The van der Waals surface area contributed by atoms with Crippen LogP contribution in [0.25, 0.3) is 0 Å². The summed E-state index contributed by atoms with van der Waals surface area (Å²) < 4.78 is 107. The highest BCUT2D eigenvalue weighted by atomic mass is 127. The number of aliphatic carboxylic acids is 3. The summed E-state index contributed by atoms with van der Waals surface area (Å²) >= 11 is 8.20. The van der Waals surface area contributed by atoms with E-state index < -0.39 is 105 Å². The van der Waals surface area contributed by atoms with Crippen molar-refractivity contribution in [3.63, 3.8) is 0 Å². The molecule has 0 saturated heterocycles. The van der Waals surface area contributed by atoms with E-state index in [2.05, 4.69) is 55.6 Å². The fraction of sp³-hybridized carbons (Fsp3) is 0.250. The van der Waals surface area contributed by atoms with E-state index in [1.807, 2.05) is 54.6 Å². The van der Waals surface area contributed by atoms with Gasteiger partial charge in [0, 0.05) is 38.1 Å². The highest BCUT2D eigenvalue weighted by molar-refractivity contribution is 14.1. The summed E-state index contributed by atoms with van der Waals surface area (Å²) in [6, 6.07) is 19.3. The lowest BCUT2D eigenvalue weighted by molar-refractivity contribution is -0.145. The molecule has 4 rings (SSSR count). The summed E-state index contributed by atoms with van der Waals surface area (Å²) in [5, 5.41) is 25.7. The number of carbonyl (C=O) groups is 6. The third-order valence-electron chi connectivity index (χ3n) is 8.14. The molecule has 4 aromatic rings. The van der Waals surface area contributed by atoms with Crippen LogP contribution in [-0.2, 0) is 72.6 Å². The van der Waals surface area contributed by atoms with Crippen molar-refractivity contribution >= 4 is 188 Å². The maximum atomic E-state index is 12.0. The van der Waals surface area contributed by atoms with Gasteiger partial charge in [0.05, 0.1) is 39.0 Å². The number of nitrogens with one attached hydrogen (secondary N) is 3. The zero-order valence-corrected chi connectivity index (χ0v) is 52.3. The van der Waals surface area contributed by atoms with Gasteiger partial charge < -0.3 is 48.7 Å². The number of rotatable bonds is 21. The Morgan fingerprint density at radius 3 is 1.01 bits per heavy atom. The summed E-state index contributed by atoms with van der Waals surface area (Å²) in [4.78, 5) is 63.8. The van der Waals surface area contributed by atoms with Crippen molar-refractivity contribution in [2.45, 2.75) is 63.5 Å². The van der Waals surface area contributed by atoms with Gasteiger partial charge in [-0.05, 0) is 194 Å². The molecule has 0 aromatic heterocycles. The lowest BCUT2D eigenvalue weighted by Crippen LogP contribution is -2.46. The van der Waals surface area contributed by atoms with Gasteiger partial charge in [-0.25, -0.2) is 33.7 Å². The second-order valence-corrected chi connectivity index (χ2v) is 26.7. The van der Waals surface area contributed by atoms with Crippen molar-refractivity contribution in [2.75, 3.05) is 19.7 Å². The predicted molar refractivity (Wildman–Crippen MR) is 312 cm³/mol. The number of ether oxygens (including phenoxy) is 1. The van der Waals surface area contributed by atoms with Crippen LogP contribution in [0.2, 0.25) is 0 Å². The molecule has 0 saturated carbocycles. The van der Waals surface area contributed by atoms with Crippen molar-refractivity contribution in [1.29, 1.82) is 0 Å². The lowest BCUT2D eigenvalue weighted by atomic mass is 10.2. The van der Waals surface area contributed by atoms with Gasteiger partial charge in [0.2, 0.25) is 41.9 Å². The molecule has 0 aliphatic heterocycles. The van der Waals surface area contributed by atoms with Crippen molar-refractivity contribution in [2.24, 2.45) is 28.7 Å². The fourth-order valence-corrected chi connectivity index (χ4v) is 10.3. The topological polar surface area (TPSA) is 475 Å². The minimum atomic E-state index is -4.01. The molecule has 0 heterocycles. The number of benzene rings is 4. The molecule has 76 heavy (non-hydrogen) atoms. The van der Waals surface area contributed by atoms with Gasteiger partial charge in [0.15, 0.2) is 0 Å². The fourth-order valence-electron chi connectivity index (χ4n) is 4.52. The van der Waals surface area contributed by atoms with Gasteiger partial charge in [0.1, 0.15) is 24.2 Å². The van der Waals surface area contributed by atoms with E-state index in [0.29, 0.717) is 0 Å². The predicted octanol–water partition coefficient (Wildman–Crippen LogP) is 1.25. The number of esters is 1. The summed E-state index contributed by atoms with van der Waals surface area (Å²) in [5.41, 5.74) is 25.0. The third kappa shape index (κ3) is 30.2. The molecule has 36 heteroatoms. The molecular weight excluding hydrogens is 1590 g/mol. The molecule has 0 aliphatic rings. The maximum Gasteiger partial charge on any atom is 0.325 e. The molecule has 4 atom stereocenters. The van der Waals surface area contributed by atoms with Crippen LogP contribution < -0.4 is 42.8 Å². The Morgan fingerprint density at radius 2 is 0.789 bits per heavy atom. The molecule has 0 bridgehead atoms. The number of hydrogen-bond acceptors (Lipinski definition) is 18. The number of primary amides is 2. The lowest BCUT2D eigenvalue weighted by Gasteiger charge is -2.15. The molecule has 16 N–H and O–H groups in total. The first kappa shape index (κ1) is 74.8. The molecular formula is C40H50Cl2I4N8O18S4. The zero-order chi connectivity index (χ0) is 58.1. The maximum absolute atomic E-state index is 12.0. The average molecular weight is 1640 g/mol. The first-order chi connectivity index (χ1) is 34.5. The van der Waals surface area contributed by atoms with E-state index in [4.69, 9.17) is 53.7 Å². The van der Waals surface area contributed by atoms with Gasteiger partial charge in [-0.1, -0.05) is 0 Å². The molecule has 0 fully saturated rings. The highest BCUT2D eigenvalue weighted by Crippen LogP contribution is 2.17. The summed E-state index contributed by atoms with van der Waals surface area (Å²) in [5.74, 6) is -6.27. The van der Waals surface area contributed by atoms with Gasteiger partial charge in [-0.2, -0.15) is 14.2 Å². The summed E-state index contributed by atoms with van der Waals surface area (Å²) in [7, 11) is -10.1. The normalized spacial score (nSPS) is 12.6. The van der Waals surface area contributed by atoms with Crippen molar-refractivity contribution < 1.29 is 82.5 Å². The van der Waals surface area contributed by atoms with E-state index in [0.717, 1.165) is 14.3 Å². The SMILES string of the molecule is CCOC(=O)[C@H](CN)NS(=O)(=O)c1ccc(I)cc1.Cl.NC(=O)C[C@H](N)C(=O)O.NC(=O)C[C@H](NS(=O)(=O)c1ccc(I)cc1)C(=O)O.NC[C@H](NS(=O)(=O)c1ccc(I)cc1)C(=O)O.O=S(=O)(Cl)c1ccc(I)cc1. The van der Waals surface area contributed by atoms with Gasteiger partial charge in [-0.15, -0.1) is 12.4 Å². The molecule has 2 amide bonds. The molecule has 424 valence electrons. The molecule has 0 aliphatic carbocycles. The number of nitrogens with two attached hydrogens (primary N) is 5. The van der Waals surface area contributed by atoms with Crippen LogP contribution in [0.15, 0.2) is 117 Å². The zero-order valence-electron chi connectivity index (χ0n) is 38.9. The van der Waals surface area contributed by atoms with E-state index in [1.54, 1.807) is 55.5 Å². The molecule has 0 unspecified atom stereocenters. The smallest absolute Gasteiger partial charge is 0.325 e. The number of carbonyl (C=O) groups excluding carboxylic acids is 3. The van der Waals surface area contributed by atoms with Crippen LogP contribution in [-0.4, -0.2) is 129 Å². The number of hydrogen-bond donors (Lipinski definition) is 11. The standard InChI is InChI=1S/C11H15IN2O4S.C10H11IN2O5S.C9H11IN2O4S.C6H4ClIO2S.C4H8N2O3.ClH/c1-2-18-11(15)10(7-13)14-19(16,17)9-5-3-8(12)4-6-9;11-6-1-3-7(4-2-6)19(17,18)13-8(10(15)16)5-9(12)14;10-6-1-3-7(4-2-6)17(15,16)12-8(5-11)9(13)14;7-11(9,10)6-3-1-5(8)2-4-6;5-2(4(8)9)1-3(6)7;/h3-6,10,14H,2,7,13H2,1H3;1-4,8,13H,5H2,(H2,12,14)(H,15,16);1-4,8,12H,5,11H2,(H,13,14);1-4H;2H,1,5H2,(H2,6,7)(H,8,9);1H/t10-;2*8-;;2-;/m000.0./s1. The van der Waals surface area contributed by atoms with Crippen molar-refractivity contribution in [3.8, 4) is 0 Å². The minimum absolute atomic E-state index is 0. The van der Waals surface area contributed by atoms with E-state index in [-0.39, 0.29) is 58.1 Å². The number of amides is 2. The Morgan fingerprint density at radius 1 is 0.513 bits per heavy atom. The molecule has 4 aromatic carbocycles. The quantitative estimate of drug-likeness (QED) is 0.0318. The Labute approximate surface area is 502 Å². The Balaban J connectivity index is 0. The van der Waals surface area contributed by atoms with Crippen LogP contribution in [0.1, 0.15) is 19.8 Å². The Bertz CT molecular complexity index is 3010. The van der Waals surface area contributed by atoms with Gasteiger partial charge in [0.25, 0.3) is 9.05 Å². The summed E-state index contributed by atoms with van der Waals surface area (Å²) in [6.07, 6.45) is -0.922. The number of carboxylic acid groups (broad SMARTS) is 3. The highest BCUT2D eigenvalue weighted by Gasteiger charge is 2.28. The molecule has 0 radical (unpaired) electrons. The Hall–Kier alpha value is -3.24. The van der Waals surface area contributed by atoms with Crippen LogP contribution in [0.4, 0.5) is 0 Å². The van der Waals surface area contributed by atoms with Crippen LogP contribution in [0.5, 0.6) is 0 Å². The summed E-state index contributed by atoms with van der Waals surface area (Å²) in [6.45, 7) is 1.33. The second-order valence-electron chi connectivity index (χ2n) is 14.0. The first-order valence-corrected chi connectivity index (χ1v) is 31.2. The van der Waals surface area contributed by atoms with Gasteiger partial charge >= 0.3 is 23.9 Å². The number of halogens is 6. The van der Waals surface area contributed by atoms with E-state index >= 15 is 0 Å². The van der Waals surface area contributed by atoms with Crippen molar-refractivity contribution in [3.05, 3.63) is 111 Å². The minimum Gasteiger partial charge on any atom is -0.480 e. The molecule has 26 nitrogen and oxygen atoms in total. The van der Waals surface area contributed by atoms with Crippen LogP contribution >= 0.6 is 113 Å². The van der Waals surface area contributed by atoms with E-state index in [9.17, 15) is 62.4 Å². The number of carboxylic acids is 3. The van der Waals surface area contributed by atoms with Crippen LogP contribution in [0.3, 0.4) is 0 Å². The van der Waals surface area contributed by atoms with Gasteiger partial charge in [-0.3, -0.25) is 28.8 Å². The average Bonchev–Trinajstić information content (AvgIpc) is 3.30. The second kappa shape index (κ2) is 36.1. The van der Waals surface area contributed by atoms with Crippen LogP contribution in [0, 0.1) is 14.3 Å². The third-order valence-corrected chi connectivity index (χ3v) is 16.9.